The summed E-state index contributed by atoms with van der Waals surface area (Å²) < 4.78 is 0. The molecule has 0 bridgehead atoms. The molecule has 1 fully saturated rings. The van der Waals surface area contributed by atoms with Crippen molar-refractivity contribution in [1.82, 2.24) is 4.90 Å². The topological polar surface area (TPSA) is 86.7 Å². The van der Waals surface area contributed by atoms with Crippen molar-refractivity contribution in [2.24, 2.45) is 5.41 Å². The van der Waals surface area contributed by atoms with Crippen LogP contribution in [-0.4, -0.2) is 46.6 Å². The highest BCUT2D eigenvalue weighted by Crippen LogP contribution is 2.34. The Balaban J connectivity index is 1.81. The van der Waals surface area contributed by atoms with E-state index in [4.69, 9.17) is 0 Å². The third kappa shape index (κ3) is 3.06. The van der Waals surface area contributed by atoms with Gasteiger partial charge in [-0.15, -0.1) is 11.8 Å². The van der Waals surface area contributed by atoms with E-state index >= 15 is 0 Å². The Morgan fingerprint density at radius 1 is 1.39 bits per heavy atom. The van der Waals surface area contributed by atoms with Gasteiger partial charge in [0.05, 0.1) is 11.1 Å². The van der Waals surface area contributed by atoms with Gasteiger partial charge in [-0.3, -0.25) is 14.4 Å². The van der Waals surface area contributed by atoms with E-state index in [1.54, 1.807) is 35.7 Å². The number of hydrogen-bond donors (Lipinski definition) is 2. The molecular formula is C16H18N2O4S. The molecule has 0 saturated carbocycles. The largest absolute Gasteiger partial charge is 0.481 e. The van der Waals surface area contributed by atoms with Crippen LogP contribution < -0.4 is 5.32 Å². The highest BCUT2D eigenvalue weighted by molar-refractivity contribution is 7.99. The number of nitrogens with one attached hydrogen (secondary N) is 1. The molecule has 0 radical (unpaired) electrons. The van der Waals surface area contributed by atoms with Gasteiger partial charge in [0.15, 0.2) is 0 Å². The summed E-state index contributed by atoms with van der Waals surface area (Å²) in [7, 11) is 0. The molecule has 0 aliphatic carbocycles. The molecule has 1 atom stereocenters. The van der Waals surface area contributed by atoms with Gasteiger partial charge in [0.25, 0.3) is 5.91 Å². The molecule has 7 heteroatoms. The lowest BCUT2D eigenvalue weighted by atomic mass is 9.90. The summed E-state index contributed by atoms with van der Waals surface area (Å²) in [6, 6.07) is 5.26. The van der Waals surface area contributed by atoms with Gasteiger partial charge in [-0.25, -0.2) is 0 Å². The highest BCUT2D eigenvalue weighted by Gasteiger charge is 2.42. The van der Waals surface area contributed by atoms with Crippen molar-refractivity contribution in [2.75, 3.05) is 24.2 Å². The van der Waals surface area contributed by atoms with E-state index in [0.717, 1.165) is 10.6 Å². The molecule has 3 rings (SSSR count). The highest BCUT2D eigenvalue weighted by atomic mass is 32.2. The maximum atomic E-state index is 12.6. The van der Waals surface area contributed by atoms with Crippen LogP contribution in [0.2, 0.25) is 0 Å². The van der Waals surface area contributed by atoms with Crippen LogP contribution in [0.4, 0.5) is 5.69 Å². The normalized spacial score (nSPS) is 23.9. The first-order chi connectivity index (χ1) is 10.9. The number of amides is 2. The standard InChI is InChI=1S/C16H18N2O4S/c1-16(15(21)22)5-6-18(9-16)14(20)10-2-3-12-11(8-10)17-13(19)4-7-23-12/h2-3,8H,4-7,9H2,1H3,(H,17,19)(H,21,22). The SMILES string of the molecule is CC1(C(=O)O)CCN(C(=O)c2ccc3c(c2)NC(=O)CCS3)C1. The number of hydrogen-bond acceptors (Lipinski definition) is 4. The lowest BCUT2D eigenvalue weighted by molar-refractivity contribution is -0.147. The fourth-order valence-corrected chi connectivity index (χ4v) is 3.78. The fraction of sp³-hybridized carbons (Fsp3) is 0.438. The summed E-state index contributed by atoms with van der Waals surface area (Å²) in [6.07, 6.45) is 0.900. The summed E-state index contributed by atoms with van der Waals surface area (Å²) in [5.74, 6) is -0.407. The summed E-state index contributed by atoms with van der Waals surface area (Å²) in [5.41, 5.74) is 0.246. The summed E-state index contributed by atoms with van der Waals surface area (Å²) in [5, 5.41) is 12.1. The van der Waals surface area contributed by atoms with Gasteiger partial charge in [-0.1, -0.05) is 0 Å². The van der Waals surface area contributed by atoms with Crippen LogP contribution >= 0.6 is 11.8 Å². The van der Waals surface area contributed by atoms with Gasteiger partial charge in [0.2, 0.25) is 5.91 Å². The van der Waals surface area contributed by atoms with Crippen LogP contribution in [0.3, 0.4) is 0 Å². The van der Waals surface area contributed by atoms with Crippen molar-refractivity contribution in [3.63, 3.8) is 0 Å². The van der Waals surface area contributed by atoms with E-state index in [9.17, 15) is 19.5 Å². The molecule has 2 amide bonds. The maximum Gasteiger partial charge on any atom is 0.311 e. The molecule has 0 spiro atoms. The molecule has 0 aromatic heterocycles. The maximum absolute atomic E-state index is 12.6. The fourth-order valence-electron chi connectivity index (χ4n) is 2.84. The summed E-state index contributed by atoms with van der Waals surface area (Å²) >= 11 is 1.58. The molecule has 2 heterocycles. The Labute approximate surface area is 138 Å². The van der Waals surface area contributed by atoms with Gasteiger partial charge in [0, 0.05) is 35.7 Å². The third-order valence-corrected chi connectivity index (χ3v) is 5.44. The van der Waals surface area contributed by atoms with E-state index < -0.39 is 11.4 Å². The van der Waals surface area contributed by atoms with Gasteiger partial charge < -0.3 is 15.3 Å². The predicted molar refractivity (Wildman–Crippen MR) is 86.7 cm³/mol. The third-order valence-electron chi connectivity index (χ3n) is 4.36. The van der Waals surface area contributed by atoms with Crippen LogP contribution in [0.25, 0.3) is 0 Å². The Morgan fingerprint density at radius 2 is 2.17 bits per heavy atom. The molecule has 1 aromatic rings. The van der Waals surface area contributed by atoms with Crippen LogP contribution in [0, 0.1) is 5.41 Å². The average Bonchev–Trinajstić information content (AvgIpc) is 2.82. The van der Waals surface area contributed by atoms with E-state index in [2.05, 4.69) is 5.32 Å². The number of carboxylic acids is 1. The minimum atomic E-state index is -0.884. The molecular weight excluding hydrogens is 316 g/mol. The monoisotopic (exact) mass is 334 g/mol. The molecule has 2 N–H and O–H groups in total. The van der Waals surface area contributed by atoms with Crippen molar-refractivity contribution in [3.05, 3.63) is 23.8 Å². The molecule has 1 saturated heterocycles. The number of nitrogens with zero attached hydrogens (tertiary/aromatic N) is 1. The number of carbonyl (C=O) groups is 3. The molecule has 23 heavy (non-hydrogen) atoms. The Bertz CT molecular complexity index is 691. The van der Waals surface area contributed by atoms with Crippen LogP contribution in [-0.2, 0) is 9.59 Å². The van der Waals surface area contributed by atoms with Crippen molar-refractivity contribution < 1.29 is 19.5 Å². The van der Waals surface area contributed by atoms with E-state index in [0.29, 0.717) is 30.6 Å². The minimum absolute atomic E-state index is 0.0551. The number of likely N-dealkylation sites (tertiary alicyclic amines) is 1. The molecule has 2 aliphatic rings. The zero-order chi connectivity index (χ0) is 16.6. The Kier molecular flexibility index (Phi) is 4.06. The molecule has 1 unspecified atom stereocenters. The number of thioether (sulfide) groups is 1. The Morgan fingerprint density at radius 3 is 2.87 bits per heavy atom. The van der Waals surface area contributed by atoms with Crippen molar-refractivity contribution in [2.45, 2.75) is 24.7 Å². The quantitative estimate of drug-likeness (QED) is 0.864. The summed E-state index contributed by atoms with van der Waals surface area (Å²) in [6.45, 7) is 2.30. The second kappa shape index (κ2) is 5.88. The van der Waals surface area contributed by atoms with Gasteiger partial charge in [0.1, 0.15) is 0 Å². The average molecular weight is 334 g/mol. The first-order valence-corrected chi connectivity index (χ1v) is 8.47. The first kappa shape index (κ1) is 15.9. The second-order valence-electron chi connectivity index (χ2n) is 6.20. The predicted octanol–water partition coefficient (Wildman–Crippen LogP) is 2.06. The van der Waals surface area contributed by atoms with Gasteiger partial charge in [-0.2, -0.15) is 0 Å². The lowest BCUT2D eigenvalue weighted by Crippen LogP contribution is -2.34. The van der Waals surface area contributed by atoms with Gasteiger partial charge >= 0.3 is 5.97 Å². The zero-order valence-electron chi connectivity index (χ0n) is 12.8. The van der Waals surface area contributed by atoms with Crippen LogP contribution in [0.15, 0.2) is 23.1 Å². The second-order valence-corrected chi connectivity index (χ2v) is 7.34. The number of fused-ring (bicyclic) bond motifs is 1. The zero-order valence-corrected chi connectivity index (χ0v) is 13.6. The minimum Gasteiger partial charge on any atom is -0.481 e. The smallest absolute Gasteiger partial charge is 0.311 e. The molecule has 6 nitrogen and oxygen atoms in total. The number of aliphatic carboxylic acids is 1. The first-order valence-electron chi connectivity index (χ1n) is 7.48. The van der Waals surface area contributed by atoms with Gasteiger partial charge in [-0.05, 0) is 31.5 Å². The number of anilines is 1. The van der Waals surface area contributed by atoms with Crippen molar-refractivity contribution >= 4 is 35.2 Å². The Hall–Kier alpha value is -2.02. The molecule has 2 aliphatic heterocycles. The van der Waals surface area contributed by atoms with Crippen molar-refractivity contribution in [1.29, 1.82) is 0 Å². The molecule has 1 aromatic carbocycles. The van der Waals surface area contributed by atoms with Crippen LogP contribution in [0.1, 0.15) is 30.1 Å². The van der Waals surface area contributed by atoms with Crippen LogP contribution in [0.5, 0.6) is 0 Å². The number of rotatable bonds is 2. The van der Waals surface area contributed by atoms with Crippen molar-refractivity contribution in [3.8, 4) is 0 Å². The summed E-state index contributed by atoms with van der Waals surface area (Å²) in [4.78, 5) is 38.1. The van der Waals surface area contributed by atoms with E-state index in [-0.39, 0.29) is 18.4 Å². The lowest BCUT2D eigenvalue weighted by Gasteiger charge is -2.20. The number of carboxylic acid groups (broad SMARTS) is 1. The number of carbonyl (C=O) groups excluding carboxylic acids is 2. The van der Waals surface area contributed by atoms with E-state index in [1.807, 2.05) is 6.07 Å². The molecule has 122 valence electrons. The van der Waals surface area contributed by atoms with E-state index in [1.165, 1.54) is 0 Å². The number of benzene rings is 1.